The predicted molar refractivity (Wildman–Crippen MR) is 164 cm³/mol. The topological polar surface area (TPSA) is 67.9 Å². The number of amides is 2. The fourth-order valence-corrected chi connectivity index (χ4v) is 5.61. The maximum Gasteiger partial charge on any atom is 0.270 e. The summed E-state index contributed by atoms with van der Waals surface area (Å²) < 4.78 is 12.1. The molecule has 1 heterocycles. The summed E-state index contributed by atoms with van der Waals surface area (Å²) in [5.41, 5.74) is 5.51. The first-order valence-corrected chi connectivity index (χ1v) is 14.0. The monoisotopic (exact) mass is 560 g/mol. The van der Waals surface area contributed by atoms with Crippen molar-refractivity contribution in [1.29, 1.82) is 0 Å². The Bertz CT molecular complexity index is 1450. The summed E-state index contributed by atoms with van der Waals surface area (Å²) in [6.07, 6.45) is 1.80. The number of thioether (sulfide) groups is 1. The summed E-state index contributed by atoms with van der Waals surface area (Å²) in [6, 6.07) is 19.0. The molecule has 0 spiro atoms. The molecular formula is C31H32N2O4S2. The molecule has 0 aliphatic carbocycles. The Balaban J connectivity index is 1.49. The van der Waals surface area contributed by atoms with E-state index in [1.807, 2.05) is 69.3 Å². The van der Waals surface area contributed by atoms with Crippen LogP contribution in [0.1, 0.15) is 48.9 Å². The first-order valence-electron chi connectivity index (χ1n) is 12.8. The molecule has 202 valence electrons. The molecule has 1 N–H and O–H groups in total. The molecule has 3 aromatic rings. The lowest BCUT2D eigenvalue weighted by Crippen LogP contribution is -2.28. The zero-order chi connectivity index (χ0) is 28.1. The van der Waals surface area contributed by atoms with E-state index in [1.54, 1.807) is 23.1 Å². The highest BCUT2D eigenvalue weighted by molar-refractivity contribution is 8.27. The number of carbonyl (C=O) groups is 2. The molecule has 0 aromatic heterocycles. The van der Waals surface area contributed by atoms with Crippen molar-refractivity contribution in [2.75, 3.05) is 23.4 Å². The van der Waals surface area contributed by atoms with Crippen LogP contribution in [0.2, 0.25) is 0 Å². The van der Waals surface area contributed by atoms with E-state index in [0.717, 1.165) is 33.6 Å². The second-order valence-electron chi connectivity index (χ2n) is 9.53. The van der Waals surface area contributed by atoms with Gasteiger partial charge in [0.05, 0.1) is 17.2 Å². The number of nitrogens with one attached hydrogen (secondary N) is 1. The van der Waals surface area contributed by atoms with Crippen LogP contribution in [-0.4, -0.2) is 29.3 Å². The molecule has 4 rings (SSSR count). The van der Waals surface area contributed by atoms with Gasteiger partial charge in [0.2, 0.25) is 0 Å². The molecule has 0 radical (unpaired) electrons. The van der Waals surface area contributed by atoms with Crippen LogP contribution >= 0.6 is 24.0 Å². The summed E-state index contributed by atoms with van der Waals surface area (Å²) in [5.74, 6) is 0.801. The van der Waals surface area contributed by atoms with Gasteiger partial charge in [-0.05, 0) is 73.7 Å². The van der Waals surface area contributed by atoms with Gasteiger partial charge in [-0.3, -0.25) is 14.5 Å². The third kappa shape index (κ3) is 6.69. The van der Waals surface area contributed by atoms with Crippen LogP contribution in [0.5, 0.6) is 11.5 Å². The quantitative estimate of drug-likeness (QED) is 0.220. The average Bonchev–Trinajstić information content (AvgIpc) is 3.16. The van der Waals surface area contributed by atoms with E-state index in [0.29, 0.717) is 27.3 Å². The highest BCUT2D eigenvalue weighted by atomic mass is 32.2. The van der Waals surface area contributed by atoms with Crippen molar-refractivity contribution >= 4 is 57.6 Å². The third-order valence-corrected chi connectivity index (χ3v) is 7.47. The zero-order valence-corrected chi connectivity index (χ0v) is 24.4. The predicted octanol–water partition coefficient (Wildman–Crippen LogP) is 7.25. The second-order valence-corrected chi connectivity index (χ2v) is 11.2. The minimum absolute atomic E-state index is 0.159. The number of para-hydroxylation sites is 1. The van der Waals surface area contributed by atoms with Gasteiger partial charge in [-0.25, -0.2) is 0 Å². The van der Waals surface area contributed by atoms with Crippen LogP contribution in [0.15, 0.2) is 65.6 Å². The van der Waals surface area contributed by atoms with Gasteiger partial charge in [0.1, 0.15) is 0 Å². The minimum Gasteiger partial charge on any atom is -0.490 e. The van der Waals surface area contributed by atoms with Crippen molar-refractivity contribution in [3.8, 4) is 11.5 Å². The maximum atomic E-state index is 13.3. The fraction of sp³-hybridized carbons (Fsp3) is 0.258. The molecular weight excluding hydrogens is 528 g/mol. The number of ether oxygens (including phenoxy) is 2. The number of nitrogens with zero attached hydrogens (tertiary/aromatic N) is 1. The number of benzene rings is 3. The molecule has 8 heteroatoms. The van der Waals surface area contributed by atoms with E-state index in [4.69, 9.17) is 21.7 Å². The highest BCUT2D eigenvalue weighted by Crippen LogP contribution is 2.38. The smallest absolute Gasteiger partial charge is 0.270 e. The molecule has 6 nitrogen and oxygen atoms in total. The summed E-state index contributed by atoms with van der Waals surface area (Å²) in [7, 11) is 0. The van der Waals surface area contributed by atoms with Crippen molar-refractivity contribution in [2.24, 2.45) is 0 Å². The zero-order valence-electron chi connectivity index (χ0n) is 22.7. The summed E-state index contributed by atoms with van der Waals surface area (Å²) in [5, 5.41) is 2.94. The minimum atomic E-state index is -0.260. The second kappa shape index (κ2) is 12.5. The Morgan fingerprint density at radius 2 is 1.82 bits per heavy atom. The van der Waals surface area contributed by atoms with Crippen molar-refractivity contribution in [3.05, 3.63) is 87.8 Å². The van der Waals surface area contributed by atoms with Crippen molar-refractivity contribution in [2.45, 2.75) is 40.5 Å². The molecule has 0 saturated carbocycles. The Morgan fingerprint density at radius 1 is 1.05 bits per heavy atom. The van der Waals surface area contributed by atoms with Crippen LogP contribution < -0.4 is 19.7 Å². The lowest BCUT2D eigenvalue weighted by Gasteiger charge is -2.17. The standard InChI is InChI=1S/C31H32N2O4S2/c1-6-36-27-16-22(17-28-30(35)33(31(38)39-28)25-13-11-20(4)15-21(25)5)12-14-26(27)37-18-29(34)32-24-10-8-7-9-23(24)19(2)3/h7-17,19H,6,18H2,1-5H3,(H,32,34)/b28-17-. The molecule has 1 saturated heterocycles. The molecule has 2 amide bonds. The number of anilines is 2. The first kappa shape index (κ1) is 28.4. The number of hydrogen-bond acceptors (Lipinski definition) is 6. The lowest BCUT2D eigenvalue weighted by atomic mass is 10.0. The summed E-state index contributed by atoms with van der Waals surface area (Å²) >= 11 is 6.82. The van der Waals surface area contributed by atoms with Crippen LogP contribution in [-0.2, 0) is 9.59 Å². The number of rotatable bonds is 9. The Kier molecular flexibility index (Phi) is 9.09. The lowest BCUT2D eigenvalue weighted by molar-refractivity contribution is -0.118. The van der Waals surface area contributed by atoms with Gasteiger partial charge in [0.15, 0.2) is 22.4 Å². The van der Waals surface area contributed by atoms with Crippen LogP contribution in [0.3, 0.4) is 0 Å². The fourth-order valence-electron chi connectivity index (χ4n) is 4.33. The van der Waals surface area contributed by atoms with Crippen molar-refractivity contribution in [1.82, 2.24) is 0 Å². The van der Waals surface area contributed by atoms with E-state index < -0.39 is 0 Å². The van der Waals surface area contributed by atoms with Gasteiger partial charge < -0.3 is 14.8 Å². The van der Waals surface area contributed by atoms with Crippen LogP contribution in [0.4, 0.5) is 11.4 Å². The molecule has 0 atom stereocenters. The summed E-state index contributed by atoms with van der Waals surface area (Å²) in [4.78, 5) is 28.0. The Hall–Kier alpha value is -3.62. The van der Waals surface area contributed by atoms with Gasteiger partial charge in [0.25, 0.3) is 11.8 Å². The van der Waals surface area contributed by atoms with E-state index in [9.17, 15) is 9.59 Å². The van der Waals surface area contributed by atoms with E-state index >= 15 is 0 Å². The Labute approximate surface area is 239 Å². The van der Waals surface area contributed by atoms with Gasteiger partial charge in [-0.15, -0.1) is 0 Å². The molecule has 1 fully saturated rings. The highest BCUT2D eigenvalue weighted by Gasteiger charge is 2.34. The van der Waals surface area contributed by atoms with Crippen LogP contribution in [0.25, 0.3) is 6.08 Å². The first-order chi connectivity index (χ1) is 18.7. The Morgan fingerprint density at radius 3 is 2.54 bits per heavy atom. The molecule has 39 heavy (non-hydrogen) atoms. The number of carbonyl (C=O) groups excluding carboxylic acids is 2. The SMILES string of the molecule is CCOc1cc(/C=C2\SC(=S)N(c3ccc(C)cc3C)C2=O)ccc1OCC(=O)Nc1ccccc1C(C)C. The molecule has 3 aromatic carbocycles. The molecule has 1 aliphatic rings. The number of thiocarbonyl (C=S) groups is 1. The maximum absolute atomic E-state index is 13.3. The normalized spacial score (nSPS) is 14.3. The molecule has 0 bridgehead atoms. The van der Waals surface area contributed by atoms with Gasteiger partial charge in [0, 0.05) is 5.69 Å². The van der Waals surface area contributed by atoms with Gasteiger partial charge in [-0.1, -0.05) is 79.8 Å². The average molecular weight is 561 g/mol. The van der Waals surface area contributed by atoms with Gasteiger partial charge >= 0.3 is 0 Å². The van der Waals surface area contributed by atoms with Crippen molar-refractivity contribution < 1.29 is 19.1 Å². The largest absolute Gasteiger partial charge is 0.490 e. The third-order valence-electron chi connectivity index (χ3n) is 6.17. The van der Waals surface area contributed by atoms with Crippen molar-refractivity contribution in [3.63, 3.8) is 0 Å². The number of aryl methyl sites for hydroxylation is 2. The van der Waals surface area contributed by atoms with Crippen LogP contribution in [0, 0.1) is 13.8 Å². The molecule has 1 aliphatic heterocycles. The number of hydrogen-bond donors (Lipinski definition) is 1. The molecule has 0 unspecified atom stereocenters. The van der Waals surface area contributed by atoms with E-state index in [1.165, 1.54) is 11.8 Å². The van der Waals surface area contributed by atoms with E-state index in [-0.39, 0.29) is 24.3 Å². The van der Waals surface area contributed by atoms with E-state index in [2.05, 4.69) is 19.2 Å². The summed E-state index contributed by atoms with van der Waals surface area (Å²) in [6.45, 7) is 10.3. The van der Waals surface area contributed by atoms with Gasteiger partial charge in [-0.2, -0.15) is 0 Å².